The summed E-state index contributed by atoms with van der Waals surface area (Å²) in [6, 6.07) is 9.67. The van der Waals surface area contributed by atoms with Gasteiger partial charge in [-0.3, -0.25) is 0 Å². The summed E-state index contributed by atoms with van der Waals surface area (Å²) >= 11 is 0. The molecule has 112 valence electrons. The highest BCUT2D eigenvalue weighted by Crippen LogP contribution is 2.26. The van der Waals surface area contributed by atoms with Crippen LogP contribution in [0.2, 0.25) is 0 Å². The molecule has 0 spiro atoms. The molecule has 0 radical (unpaired) electrons. The van der Waals surface area contributed by atoms with Gasteiger partial charge in [-0.2, -0.15) is 0 Å². The fraction of sp³-hybridized carbons (Fsp3) is 0.667. The van der Waals surface area contributed by atoms with Crippen molar-refractivity contribution in [3.8, 4) is 5.75 Å². The van der Waals surface area contributed by atoms with Gasteiger partial charge in [0.2, 0.25) is 0 Å². The van der Waals surface area contributed by atoms with Crippen molar-refractivity contribution >= 4 is 0 Å². The Bertz CT molecular complexity index is 387. The fourth-order valence-electron chi connectivity index (χ4n) is 3.22. The van der Waals surface area contributed by atoms with E-state index < -0.39 is 0 Å². The minimum Gasteiger partial charge on any atom is -0.497 e. The molecule has 0 aromatic heterocycles. The minimum atomic E-state index is 0.472. The lowest BCUT2D eigenvalue weighted by Crippen LogP contribution is -2.32. The highest BCUT2D eigenvalue weighted by molar-refractivity contribution is 5.29. The summed E-state index contributed by atoms with van der Waals surface area (Å²) < 4.78 is 5.24. The molecule has 1 saturated carbocycles. The van der Waals surface area contributed by atoms with E-state index in [1.165, 1.54) is 37.7 Å². The number of ether oxygens (including phenoxy) is 1. The van der Waals surface area contributed by atoms with E-state index in [1.807, 2.05) is 0 Å². The lowest BCUT2D eigenvalue weighted by Gasteiger charge is -2.24. The lowest BCUT2D eigenvalue weighted by atomic mass is 10.0. The van der Waals surface area contributed by atoms with Crippen LogP contribution in [-0.2, 0) is 0 Å². The van der Waals surface area contributed by atoms with Gasteiger partial charge in [-0.15, -0.1) is 0 Å². The van der Waals surface area contributed by atoms with Gasteiger partial charge < -0.3 is 10.1 Å². The Morgan fingerprint density at radius 1 is 1.15 bits per heavy atom. The molecule has 2 nitrogen and oxygen atoms in total. The average molecular weight is 275 g/mol. The van der Waals surface area contributed by atoms with Crippen LogP contribution in [0.4, 0.5) is 0 Å². The van der Waals surface area contributed by atoms with E-state index in [2.05, 4.69) is 43.4 Å². The Hall–Kier alpha value is -1.02. The first-order valence-electron chi connectivity index (χ1n) is 8.13. The average Bonchev–Trinajstić information content (AvgIpc) is 2.69. The van der Waals surface area contributed by atoms with Crippen LogP contribution in [0.1, 0.15) is 64.0 Å². The molecule has 1 fully saturated rings. The molecule has 0 aliphatic heterocycles. The van der Waals surface area contributed by atoms with Crippen LogP contribution >= 0.6 is 0 Å². The summed E-state index contributed by atoms with van der Waals surface area (Å²) in [7, 11) is 1.72. The predicted molar refractivity (Wildman–Crippen MR) is 85.2 cm³/mol. The summed E-state index contributed by atoms with van der Waals surface area (Å²) in [6.45, 7) is 4.66. The third kappa shape index (κ3) is 4.24. The van der Waals surface area contributed by atoms with Crippen molar-refractivity contribution < 1.29 is 4.74 Å². The van der Waals surface area contributed by atoms with Gasteiger partial charge in [0.05, 0.1) is 7.11 Å². The van der Waals surface area contributed by atoms with E-state index >= 15 is 0 Å². The Morgan fingerprint density at radius 3 is 2.55 bits per heavy atom. The van der Waals surface area contributed by atoms with Crippen molar-refractivity contribution in [3.63, 3.8) is 0 Å². The summed E-state index contributed by atoms with van der Waals surface area (Å²) in [6.07, 6.45) is 7.94. The zero-order chi connectivity index (χ0) is 14.4. The third-order valence-electron chi connectivity index (χ3n) is 4.62. The second kappa shape index (κ2) is 7.68. The van der Waals surface area contributed by atoms with Gasteiger partial charge in [-0.05, 0) is 49.3 Å². The topological polar surface area (TPSA) is 21.3 Å². The summed E-state index contributed by atoms with van der Waals surface area (Å²) in [5, 5.41) is 3.88. The SMILES string of the molecule is CCC(NC1CCCC(C)CC1)c1ccc(OC)cc1. The molecule has 2 heteroatoms. The molecule has 0 heterocycles. The van der Waals surface area contributed by atoms with Crippen LogP contribution in [0, 0.1) is 5.92 Å². The van der Waals surface area contributed by atoms with Crippen LogP contribution in [0.15, 0.2) is 24.3 Å². The first-order valence-corrected chi connectivity index (χ1v) is 8.13. The monoisotopic (exact) mass is 275 g/mol. The van der Waals surface area contributed by atoms with Gasteiger partial charge in [-0.25, -0.2) is 0 Å². The van der Waals surface area contributed by atoms with E-state index in [0.717, 1.165) is 18.1 Å². The number of rotatable bonds is 5. The fourth-order valence-corrected chi connectivity index (χ4v) is 3.22. The smallest absolute Gasteiger partial charge is 0.118 e. The van der Waals surface area contributed by atoms with Crippen LogP contribution in [0.5, 0.6) is 5.75 Å². The number of methoxy groups -OCH3 is 1. The Kier molecular flexibility index (Phi) is 5.90. The number of hydrogen-bond donors (Lipinski definition) is 1. The van der Waals surface area contributed by atoms with Crippen LogP contribution in [0.25, 0.3) is 0 Å². The maximum Gasteiger partial charge on any atom is 0.118 e. The lowest BCUT2D eigenvalue weighted by molar-refractivity contribution is 0.386. The first-order chi connectivity index (χ1) is 9.72. The predicted octanol–water partition coefficient (Wildman–Crippen LogP) is 4.70. The van der Waals surface area contributed by atoms with Crippen molar-refractivity contribution in [2.75, 3.05) is 7.11 Å². The highest BCUT2D eigenvalue weighted by atomic mass is 16.5. The number of benzene rings is 1. The minimum absolute atomic E-state index is 0.472. The maximum absolute atomic E-state index is 5.24. The molecular formula is C18H29NO. The molecule has 1 aliphatic carbocycles. The molecule has 0 bridgehead atoms. The number of hydrogen-bond acceptors (Lipinski definition) is 2. The Morgan fingerprint density at radius 2 is 1.90 bits per heavy atom. The van der Waals surface area contributed by atoms with Gasteiger partial charge in [0.1, 0.15) is 5.75 Å². The largest absolute Gasteiger partial charge is 0.497 e. The quantitative estimate of drug-likeness (QED) is 0.786. The van der Waals surface area contributed by atoms with Crippen molar-refractivity contribution in [1.82, 2.24) is 5.32 Å². The summed E-state index contributed by atoms with van der Waals surface area (Å²) in [5.74, 6) is 1.84. The number of nitrogens with one attached hydrogen (secondary N) is 1. The van der Waals surface area contributed by atoms with E-state index in [4.69, 9.17) is 4.74 Å². The molecule has 1 N–H and O–H groups in total. The standard InChI is InChI=1S/C18H29NO/c1-4-18(15-9-12-17(20-3)13-10-15)19-16-7-5-6-14(2)8-11-16/h9-10,12-14,16,18-19H,4-8,11H2,1-3H3. The van der Waals surface area contributed by atoms with Crippen LogP contribution in [-0.4, -0.2) is 13.2 Å². The molecule has 0 saturated heterocycles. The molecule has 3 atom stereocenters. The molecule has 3 unspecified atom stereocenters. The second-order valence-electron chi connectivity index (χ2n) is 6.21. The molecular weight excluding hydrogens is 246 g/mol. The van der Waals surface area contributed by atoms with Crippen molar-refractivity contribution in [3.05, 3.63) is 29.8 Å². The van der Waals surface area contributed by atoms with Gasteiger partial charge in [0.15, 0.2) is 0 Å². The molecule has 1 aromatic rings. The molecule has 2 rings (SSSR count). The van der Waals surface area contributed by atoms with Gasteiger partial charge in [0.25, 0.3) is 0 Å². The van der Waals surface area contributed by atoms with Gasteiger partial charge in [-0.1, -0.05) is 38.8 Å². The summed E-state index contributed by atoms with van der Waals surface area (Å²) in [5.41, 5.74) is 1.38. The third-order valence-corrected chi connectivity index (χ3v) is 4.62. The first kappa shape index (κ1) is 15.4. The molecule has 1 aromatic carbocycles. The van der Waals surface area contributed by atoms with Gasteiger partial charge in [0, 0.05) is 12.1 Å². The van der Waals surface area contributed by atoms with Crippen LogP contribution < -0.4 is 10.1 Å². The van der Waals surface area contributed by atoms with E-state index in [9.17, 15) is 0 Å². The highest BCUT2D eigenvalue weighted by Gasteiger charge is 2.19. The van der Waals surface area contributed by atoms with Crippen molar-refractivity contribution in [2.24, 2.45) is 5.92 Å². The summed E-state index contributed by atoms with van der Waals surface area (Å²) in [4.78, 5) is 0. The van der Waals surface area contributed by atoms with E-state index in [1.54, 1.807) is 7.11 Å². The van der Waals surface area contributed by atoms with E-state index in [-0.39, 0.29) is 0 Å². The van der Waals surface area contributed by atoms with Crippen molar-refractivity contribution in [2.45, 2.75) is 64.5 Å². The molecule has 20 heavy (non-hydrogen) atoms. The normalized spacial score (nSPS) is 24.9. The zero-order valence-corrected chi connectivity index (χ0v) is 13.2. The maximum atomic E-state index is 5.24. The molecule has 1 aliphatic rings. The zero-order valence-electron chi connectivity index (χ0n) is 13.2. The van der Waals surface area contributed by atoms with Crippen molar-refractivity contribution in [1.29, 1.82) is 0 Å². The second-order valence-corrected chi connectivity index (χ2v) is 6.21. The Balaban J connectivity index is 1.96. The Labute approximate surface area is 123 Å². The molecule has 0 amide bonds. The van der Waals surface area contributed by atoms with E-state index in [0.29, 0.717) is 12.1 Å². The van der Waals surface area contributed by atoms with Gasteiger partial charge >= 0.3 is 0 Å². The van der Waals surface area contributed by atoms with Crippen LogP contribution in [0.3, 0.4) is 0 Å².